The quantitative estimate of drug-likeness (QED) is 0.382. The van der Waals surface area contributed by atoms with Crippen LogP contribution in [0.1, 0.15) is 0 Å². The molecule has 2 N–H and O–H groups in total. The van der Waals surface area contributed by atoms with Gasteiger partial charge in [-0.1, -0.05) is 29.8 Å². The minimum absolute atomic E-state index is 0.425. The third-order valence-electron chi connectivity index (χ3n) is 5.27. The predicted octanol–water partition coefficient (Wildman–Crippen LogP) is 6.02. The maximum absolute atomic E-state index is 6.72. The van der Waals surface area contributed by atoms with E-state index in [1.807, 2.05) is 53.3 Å². The van der Waals surface area contributed by atoms with Crippen molar-refractivity contribution in [2.75, 3.05) is 5.73 Å². The summed E-state index contributed by atoms with van der Waals surface area (Å²) in [6.07, 6.45) is 9.54. The zero-order chi connectivity index (χ0) is 20.2. The van der Waals surface area contributed by atoms with Crippen LogP contribution in [-0.4, -0.2) is 19.5 Å². The Balaban J connectivity index is 1.61. The first-order chi connectivity index (χ1) is 14.7. The fourth-order valence-corrected chi connectivity index (χ4v) is 4.71. The van der Waals surface area contributed by atoms with Crippen LogP contribution in [0.2, 0.25) is 5.02 Å². The Morgan fingerprint density at radius 2 is 1.97 bits per heavy atom. The van der Waals surface area contributed by atoms with Crippen LogP contribution >= 0.6 is 22.9 Å². The van der Waals surface area contributed by atoms with Gasteiger partial charge in [-0.25, -0.2) is 15.0 Å². The molecule has 0 radical (unpaired) electrons. The summed E-state index contributed by atoms with van der Waals surface area (Å²) in [4.78, 5) is 14.7. The molecular formula is C23H14ClN5S. The summed E-state index contributed by atoms with van der Waals surface area (Å²) in [6.45, 7) is 0. The Labute approximate surface area is 180 Å². The van der Waals surface area contributed by atoms with Gasteiger partial charge in [0.1, 0.15) is 12.1 Å². The summed E-state index contributed by atoms with van der Waals surface area (Å²) >= 11 is 8.39. The van der Waals surface area contributed by atoms with Gasteiger partial charge >= 0.3 is 0 Å². The molecule has 0 fully saturated rings. The van der Waals surface area contributed by atoms with Crippen molar-refractivity contribution in [3.8, 4) is 21.7 Å². The molecule has 4 aromatic heterocycles. The third-order valence-corrected chi connectivity index (χ3v) is 6.47. The normalized spacial score (nSPS) is 13.0. The molecule has 0 bridgehead atoms. The smallest absolute Gasteiger partial charge is 0.150 e. The molecule has 5 nitrogen and oxygen atoms in total. The molecule has 0 aliphatic heterocycles. The molecule has 0 unspecified atom stereocenters. The van der Waals surface area contributed by atoms with Crippen molar-refractivity contribution in [3.63, 3.8) is 0 Å². The molecule has 5 aromatic rings. The number of allylic oxidation sites excluding steroid dienone is 4. The summed E-state index contributed by atoms with van der Waals surface area (Å²) in [5.74, 6) is 0.425. The van der Waals surface area contributed by atoms with E-state index in [4.69, 9.17) is 22.3 Å². The lowest BCUT2D eigenvalue weighted by atomic mass is 10.0. The molecule has 144 valence electrons. The van der Waals surface area contributed by atoms with Crippen molar-refractivity contribution in [2.45, 2.75) is 0 Å². The van der Waals surface area contributed by atoms with Gasteiger partial charge in [0.05, 0.1) is 21.5 Å². The zero-order valence-electron chi connectivity index (χ0n) is 15.6. The molecule has 4 heterocycles. The van der Waals surface area contributed by atoms with Crippen LogP contribution < -0.4 is 5.73 Å². The highest BCUT2D eigenvalue weighted by Crippen LogP contribution is 2.40. The number of thiophene rings is 1. The Hall–Kier alpha value is -3.48. The van der Waals surface area contributed by atoms with Crippen LogP contribution in [0.3, 0.4) is 0 Å². The number of nitrogens with two attached hydrogens (primary N) is 1. The van der Waals surface area contributed by atoms with Gasteiger partial charge < -0.3 is 10.3 Å². The van der Waals surface area contributed by atoms with Gasteiger partial charge in [-0.15, -0.1) is 11.3 Å². The van der Waals surface area contributed by atoms with Crippen molar-refractivity contribution in [2.24, 2.45) is 0 Å². The summed E-state index contributed by atoms with van der Waals surface area (Å²) in [5.41, 5.74) is 11.6. The number of rotatable bonds is 3. The molecule has 7 heteroatoms. The second kappa shape index (κ2) is 6.52. The van der Waals surface area contributed by atoms with Crippen LogP contribution in [0.5, 0.6) is 0 Å². The molecule has 30 heavy (non-hydrogen) atoms. The van der Waals surface area contributed by atoms with Gasteiger partial charge in [-0.05, 0) is 41.8 Å². The number of hydrogen-bond donors (Lipinski definition) is 1. The first kappa shape index (κ1) is 17.4. The topological polar surface area (TPSA) is 69.6 Å². The predicted molar refractivity (Wildman–Crippen MR) is 124 cm³/mol. The molecule has 6 rings (SSSR count). The van der Waals surface area contributed by atoms with Gasteiger partial charge in [-0.3, -0.25) is 0 Å². The maximum Gasteiger partial charge on any atom is 0.150 e. The van der Waals surface area contributed by atoms with E-state index in [2.05, 4.69) is 27.5 Å². The summed E-state index contributed by atoms with van der Waals surface area (Å²) in [5, 5.41) is 4.46. The lowest BCUT2D eigenvalue weighted by molar-refractivity contribution is 1.10. The van der Waals surface area contributed by atoms with Crippen molar-refractivity contribution >= 4 is 56.4 Å². The zero-order valence-corrected chi connectivity index (χ0v) is 17.2. The fourth-order valence-electron chi connectivity index (χ4n) is 3.74. The molecular weight excluding hydrogens is 414 g/mol. The number of aromatic nitrogens is 4. The molecule has 0 saturated carbocycles. The SMILES string of the molecule is Nc1ncnc2c1c(-c1cc3nc(-c4cccs4)ccc3cc1Cl)cn2C1=CC=C1. The molecule has 0 spiro atoms. The van der Waals surface area contributed by atoms with Gasteiger partial charge in [0.15, 0.2) is 5.65 Å². The largest absolute Gasteiger partial charge is 0.383 e. The first-order valence-electron chi connectivity index (χ1n) is 9.34. The summed E-state index contributed by atoms with van der Waals surface area (Å²) in [7, 11) is 0. The van der Waals surface area contributed by atoms with Crippen molar-refractivity contribution in [1.82, 2.24) is 19.5 Å². The van der Waals surface area contributed by atoms with E-state index in [0.29, 0.717) is 10.8 Å². The lowest BCUT2D eigenvalue weighted by Gasteiger charge is -2.09. The number of nitrogen functional groups attached to an aromatic ring is 1. The van der Waals surface area contributed by atoms with E-state index in [-0.39, 0.29) is 0 Å². The number of hydrogen-bond acceptors (Lipinski definition) is 5. The monoisotopic (exact) mass is 427 g/mol. The molecule has 1 aliphatic rings. The molecule has 1 aromatic carbocycles. The Morgan fingerprint density at radius 3 is 2.73 bits per heavy atom. The van der Waals surface area contributed by atoms with Crippen LogP contribution in [0.15, 0.2) is 72.5 Å². The standard InChI is InChI=1S/C23H14ClN5S/c24-17-9-13-6-7-18(20-5-2-8-30-20)28-19(13)10-15(17)16-11-29(14-3-1-4-14)23-21(16)22(25)26-12-27-23/h1-12H,(H2,25,26,27). The van der Waals surface area contributed by atoms with Gasteiger partial charge in [0.2, 0.25) is 0 Å². The van der Waals surface area contributed by atoms with E-state index in [0.717, 1.165) is 49.3 Å². The Kier molecular flexibility index (Phi) is 3.78. The summed E-state index contributed by atoms with van der Waals surface area (Å²) < 4.78 is 2.01. The van der Waals surface area contributed by atoms with Crippen molar-refractivity contribution < 1.29 is 0 Å². The number of pyridine rings is 1. The van der Waals surface area contributed by atoms with Crippen LogP contribution in [0.25, 0.3) is 49.3 Å². The van der Waals surface area contributed by atoms with Gasteiger partial charge in [-0.2, -0.15) is 0 Å². The highest BCUT2D eigenvalue weighted by molar-refractivity contribution is 7.13. The van der Waals surface area contributed by atoms with E-state index in [1.165, 1.54) is 6.33 Å². The van der Waals surface area contributed by atoms with Crippen molar-refractivity contribution in [3.05, 3.63) is 77.6 Å². The number of nitrogens with zero attached hydrogens (tertiary/aromatic N) is 4. The van der Waals surface area contributed by atoms with Crippen LogP contribution in [-0.2, 0) is 0 Å². The van der Waals surface area contributed by atoms with Crippen molar-refractivity contribution in [1.29, 1.82) is 0 Å². The average Bonchev–Trinajstić information content (AvgIpc) is 3.36. The van der Waals surface area contributed by atoms with Gasteiger partial charge in [0, 0.05) is 33.4 Å². The van der Waals surface area contributed by atoms with E-state index < -0.39 is 0 Å². The Morgan fingerprint density at radius 1 is 1.07 bits per heavy atom. The lowest BCUT2D eigenvalue weighted by Crippen LogP contribution is -1.99. The molecule has 1 aliphatic carbocycles. The minimum atomic E-state index is 0.425. The van der Waals surface area contributed by atoms with E-state index in [1.54, 1.807) is 11.3 Å². The molecule has 0 amide bonds. The Bertz CT molecular complexity index is 1510. The average molecular weight is 428 g/mol. The van der Waals surface area contributed by atoms with E-state index in [9.17, 15) is 0 Å². The fraction of sp³-hybridized carbons (Fsp3) is 0. The highest BCUT2D eigenvalue weighted by Gasteiger charge is 2.19. The van der Waals surface area contributed by atoms with E-state index >= 15 is 0 Å². The third kappa shape index (κ3) is 2.58. The molecule has 0 saturated heterocycles. The second-order valence-electron chi connectivity index (χ2n) is 7.02. The number of anilines is 1. The highest BCUT2D eigenvalue weighted by atomic mass is 35.5. The number of halogens is 1. The van der Waals surface area contributed by atoms with Crippen LogP contribution in [0.4, 0.5) is 5.82 Å². The molecule has 0 atom stereocenters. The number of fused-ring (bicyclic) bond motifs is 2. The number of benzene rings is 1. The minimum Gasteiger partial charge on any atom is -0.383 e. The van der Waals surface area contributed by atoms with Crippen LogP contribution in [0, 0.1) is 0 Å². The second-order valence-corrected chi connectivity index (χ2v) is 8.37. The van der Waals surface area contributed by atoms with Gasteiger partial charge in [0.25, 0.3) is 0 Å². The first-order valence-corrected chi connectivity index (χ1v) is 10.6. The summed E-state index contributed by atoms with van der Waals surface area (Å²) in [6, 6.07) is 12.1. The maximum atomic E-state index is 6.72.